The maximum atomic E-state index is 13.1. The first-order chi connectivity index (χ1) is 12.9. The van der Waals surface area contributed by atoms with Gasteiger partial charge in [0.05, 0.1) is 5.39 Å². The molecule has 3 aromatic rings. The molecule has 0 spiro atoms. The average Bonchev–Trinajstić information content (AvgIpc) is 2.58. The standard InChI is InChI=1S/C20H16FN3O3/c21-13-3-1-11(2-4-13)12-5-14-16(25)15(18(26)23-17(14)22-9-12)19(27)24-20-6-10(7-20)8-20/h1-5,9-10H,6-8H2,(H,24,27)(H2,22,23,25,26). The van der Waals surface area contributed by atoms with Gasteiger partial charge in [0.2, 0.25) is 0 Å². The number of aromatic nitrogens is 2. The lowest BCUT2D eigenvalue weighted by atomic mass is 9.50. The zero-order valence-corrected chi connectivity index (χ0v) is 14.3. The van der Waals surface area contributed by atoms with Crippen molar-refractivity contribution in [1.82, 2.24) is 15.3 Å². The fourth-order valence-electron chi connectivity index (χ4n) is 4.10. The Hall–Kier alpha value is -3.22. The van der Waals surface area contributed by atoms with E-state index in [1.165, 1.54) is 18.3 Å². The minimum absolute atomic E-state index is 0.186. The van der Waals surface area contributed by atoms with E-state index in [0.717, 1.165) is 19.3 Å². The molecule has 3 saturated carbocycles. The van der Waals surface area contributed by atoms with Gasteiger partial charge in [0.25, 0.3) is 11.5 Å². The van der Waals surface area contributed by atoms with E-state index in [-0.39, 0.29) is 28.0 Å². The fourth-order valence-corrected chi connectivity index (χ4v) is 4.10. The summed E-state index contributed by atoms with van der Waals surface area (Å²) in [5.41, 5.74) is 0.345. The molecule has 1 amide bonds. The number of hydrogen-bond donors (Lipinski definition) is 3. The van der Waals surface area contributed by atoms with Crippen LogP contribution in [0.15, 0.2) is 41.3 Å². The molecular formula is C20H16FN3O3. The first-order valence-electron chi connectivity index (χ1n) is 8.78. The molecule has 7 heteroatoms. The summed E-state index contributed by atoms with van der Waals surface area (Å²) in [6.07, 6.45) is 4.32. The molecule has 27 heavy (non-hydrogen) atoms. The second kappa shape index (κ2) is 5.39. The molecular weight excluding hydrogens is 349 g/mol. The number of carbonyl (C=O) groups is 1. The Morgan fingerprint density at radius 3 is 2.56 bits per heavy atom. The lowest BCUT2D eigenvalue weighted by molar-refractivity contribution is -0.0439. The number of nitrogens with zero attached hydrogens (tertiary/aromatic N) is 1. The lowest BCUT2D eigenvalue weighted by Crippen LogP contribution is -2.68. The number of fused-ring (bicyclic) bond motifs is 1. The smallest absolute Gasteiger partial charge is 0.266 e. The Morgan fingerprint density at radius 2 is 1.93 bits per heavy atom. The monoisotopic (exact) mass is 365 g/mol. The Bertz CT molecular complexity index is 1140. The van der Waals surface area contributed by atoms with Gasteiger partial charge in [-0.2, -0.15) is 0 Å². The number of aromatic amines is 1. The number of amides is 1. The Kier molecular flexibility index (Phi) is 3.19. The van der Waals surface area contributed by atoms with Crippen molar-refractivity contribution in [3.8, 4) is 16.9 Å². The molecule has 136 valence electrons. The number of halogens is 1. The quantitative estimate of drug-likeness (QED) is 0.665. The van der Waals surface area contributed by atoms with E-state index in [0.29, 0.717) is 17.0 Å². The van der Waals surface area contributed by atoms with Crippen LogP contribution in [0.3, 0.4) is 0 Å². The van der Waals surface area contributed by atoms with E-state index in [1.807, 2.05) is 0 Å². The first kappa shape index (κ1) is 16.0. The van der Waals surface area contributed by atoms with Crippen LogP contribution in [-0.4, -0.2) is 26.5 Å². The van der Waals surface area contributed by atoms with Crippen LogP contribution in [-0.2, 0) is 0 Å². The molecule has 3 N–H and O–H groups in total. The van der Waals surface area contributed by atoms with Crippen molar-refractivity contribution in [2.75, 3.05) is 0 Å². The van der Waals surface area contributed by atoms with Crippen molar-refractivity contribution in [2.24, 2.45) is 5.92 Å². The van der Waals surface area contributed by atoms with Crippen LogP contribution in [0.2, 0.25) is 0 Å². The Morgan fingerprint density at radius 1 is 1.22 bits per heavy atom. The molecule has 1 aromatic carbocycles. The molecule has 6 nitrogen and oxygen atoms in total. The molecule has 3 fully saturated rings. The predicted molar refractivity (Wildman–Crippen MR) is 97.0 cm³/mol. The van der Waals surface area contributed by atoms with Crippen LogP contribution >= 0.6 is 0 Å². The van der Waals surface area contributed by atoms with Crippen molar-refractivity contribution >= 4 is 16.9 Å². The maximum Gasteiger partial charge on any atom is 0.266 e. The number of benzene rings is 1. The number of aromatic hydroxyl groups is 1. The van der Waals surface area contributed by atoms with Gasteiger partial charge in [-0.3, -0.25) is 9.59 Å². The van der Waals surface area contributed by atoms with Gasteiger partial charge >= 0.3 is 0 Å². The molecule has 6 rings (SSSR count). The van der Waals surface area contributed by atoms with Gasteiger partial charge in [0.1, 0.15) is 22.8 Å². The normalized spacial score (nSPS) is 22.8. The maximum absolute atomic E-state index is 13.1. The largest absolute Gasteiger partial charge is 0.506 e. The molecule has 2 aromatic heterocycles. The zero-order valence-electron chi connectivity index (χ0n) is 14.3. The zero-order chi connectivity index (χ0) is 18.8. The number of carbonyl (C=O) groups excluding carboxylic acids is 1. The highest BCUT2D eigenvalue weighted by molar-refractivity contribution is 6.02. The van der Waals surface area contributed by atoms with Crippen LogP contribution in [0.4, 0.5) is 4.39 Å². The van der Waals surface area contributed by atoms with Crippen molar-refractivity contribution in [3.63, 3.8) is 0 Å². The number of H-pyrrole nitrogens is 1. The summed E-state index contributed by atoms with van der Waals surface area (Å²) in [6.45, 7) is 0. The summed E-state index contributed by atoms with van der Waals surface area (Å²) >= 11 is 0. The Balaban J connectivity index is 1.58. The van der Waals surface area contributed by atoms with Crippen LogP contribution in [0, 0.1) is 11.7 Å². The summed E-state index contributed by atoms with van der Waals surface area (Å²) in [5.74, 6) is -0.640. The molecule has 3 aliphatic carbocycles. The molecule has 0 unspecified atom stereocenters. The Labute approximate surface area is 153 Å². The van der Waals surface area contributed by atoms with Gasteiger partial charge in [-0.1, -0.05) is 12.1 Å². The van der Waals surface area contributed by atoms with Gasteiger partial charge in [-0.05, 0) is 48.9 Å². The summed E-state index contributed by atoms with van der Waals surface area (Å²) in [5, 5.41) is 13.8. The van der Waals surface area contributed by atoms with Crippen LogP contribution < -0.4 is 10.9 Å². The average molecular weight is 365 g/mol. The van der Waals surface area contributed by atoms with Crippen LogP contribution in [0.5, 0.6) is 5.75 Å². The van der Waals surface area contributed by atoms with Gasteiger partial charge in [0, 0.05) is 17.3 Å². The number of hydrogen-bond acceptors (Lipinski definition) is 4. The van der Waals surface area contributed by atoms with E-state index in [1.54, 1.807) is 18.2 Å². The number of rotatable bonds is 3. The number of pyridine rings is 2. The number of nitrogens with one attached hydrogen (secondary N) is 2. The molecule has 2 bridgehead atoms. The van der Waals surface area contributed by atoms with Crippen LogP contribution in [0.1, 0.15) is 29.6 Å². The van der Waals surface area contributed by atoms with Gasteiger partial charge < -0.3 is 15.4 Å². The van der Waals surface area contributed by atoms with E-state index >= 15 is 0 Å². The van der Waals surface area contributed by atoms with E-state index < -0.39 is 17.2 Å². The highest BCUT2D eigenvalue weighted by atomic mass is 19.1. The summed E-state index contributed by atoms with van der Waals surface area (Å²) in [6, 6.07) is 7.47. The molecule has 0 saturated heterocycles. The van der Waals surface area contributed by atoms with E-state index in [9.17, 15) is 19.1 Å². The summed E-state index contributed by atoms with van der Waals surface area (Å²) in [4.78, 5) is 31.7. The van der Waals surface area contributed by atoms with Gasteiger partial charge in [-0.25, -0.2) is 9.37 Å². The minimum atomic E-state index is -0.675. The van der Waals surface area contributed by atoms with Gasteiger partial charge in [-0.15, -0.1) is 0 Å². The highest BCUT2D eigenvalue weighted by Crippen LogP contribution is 2.57. The van der Waals surface area contributed by atoms with Crippen LogP contribution in [0.25, 0.3) is 22.2 Å². The van der Waals surface area contributed by atoms with Crippen molar-refractivity contribution < 1.29 is 14.3 Å². The van der Waals surface area contributed by atoms with E-state index in [2.05, 4.69) is 15.3 Å². The first-order valence-corrected chi connectivity index (χ1v) is 8.78. The van der Waals surface area contributed by atoms with Crippen molar-refractivity contribution in [1.29, 1.82) is 0 Å². The second-order valence-electron chi connectivity index (χ2n) is 7.52. The molecule has 3 aliphatic rings. The van der Waals surface area contributed by atoms with Crippen molar-refractivity contribution in [3.05, 3.63) is 58.3 Å². The third-order valence-electron chi connectivity index (χ3n) is 5.66. The van der Waals surface area contributed by atoms with E-state index in [4.69, 9.17) is 0 Å². The van der Waals surface area contributed by atoms with Gasteiger partial charge in [0.15, 0.2) is 0 Å². The second-order valence-corrected chi connectivity index (χ2v) is 7.52. The topological polar surface area (TPSA) is 95.1 Å². The molecule has 0 radical (unpaired) electrons. The molecule has 0 aliphatic heterocycles. The summed E-state index contributed by atoms with van der Waals surface area (Å²) < 4.78 is 13.1. The highest BCUT2D eigenvalue weighted by Gasteiger charge is 2.57. The predicted octanol–water partition coefficient (Wildman–Crippen LogP) is 2.72. The SMILES string of the molecule is O=C(NC12CC(C1)C2)c1c(O)c2cc(-c3ccc(F)cc3)cnc2[nH]c1=O. The fraction of sp³-hybridized carbons (Fsp3) is 0.250. The molecule has 0 atom stereocenters. The molecule has 2 heterocycles. The third-order valence-corrected chi connectivity index (χ3v) is 5.66. The third kappa shape index (κ3) is 2.42. The van der Waals surface area contributed by atoms with Crippen molar-refractivity contribution in [2.45, 2.75) is 24.8 Å². The minimum Gasteiger partial charge on any atom is -0.506 e. The lowest BCUT2D eigenvalue weighted by Gasteiger charge is -2.61. The summed E-state index contributed by atoms with van der Waals surface area (Å²) in [7, 11) is 0.